The fourth-order valence-corrected chi connectivity index (χ4v) is 2.71. The van der Waals surface area contributed by atoms with Crippen LogP contribution < -0.4 is 16.8 Å². The van der Waals surface area contributed by atoms with Crippen molar-refractivity contribution >= 4 is 29.7 Å². The van der Waals surface area contributed by atoms with Crippen LogP contribution in [-0.4, -0.2) is 23.4 Å². The molecule has 0 aliphatic heterocycles. The summed E-state index contributed by atoms with van der Waals surface area (Å²) >= 11 is 0. The molecule has 7 nitrogen and oxygen atoms in total. The Morgan fingerprint density at radius 2 is 2.00 bits per heavy atom. The lowest BCUT2D eigenvalue weighted by atomic mass is 9.91. The third-order valence-electron chi connectivity index (χ3n) is 3.73. The van der Waals surface area contributed by atoms with E-state index in [0.717, 1.165) is 16.7 Å². The second-order valence-corrected chi connectivity index (χ2v) is 5.62. The van der Waals surface area contributed by atoms with Crippen molar-refractivity contribution in [3.63, 3.8) is 0 Å². The maximum absolute atomic E-state index is 11.1. The number of aliphatic imine (C=N–C) groups is 1. The Balaban J connectivity index is 2.56. The average molecular weight is 340 g/mol. The van der Waals surface area contributed by atoms with Crippen LogP contribution in [-0.2, 0) is 9.59 Å². The standard InChI is InChI=1S/C18H20N4O3/c1-11(8-16(24)25)14-6-3-7-15(17(14)21-10-23)12-4-2-5-13(9-12)22-18(19)20/h2-7,9-11H,8H2,1H3,(H,21,23)(H,24,25)(H4,19,20,22). The van der Waals surface area contributed by atoms with Gasteiger partial charge in [0.05, 0.1) is 17.8 Å². The van der Waals surface area contributed by atoms with Gasteiger partial charge in [0.25, 0.3) is 0 Å². The van der Waals surface area contributed by atoms with E-state index in [4.69, 9.17) is 16.6 Å². The Labute approximate surface area is 145 Å². The number of amides is 1. The van der Waals surface area contributed by atoms with Crippen molar-refractivity contribution in [2.75, 3.05) is 5.32 Å². The second-order valence-electron chi connectivity index (χ2n) is 5.62. The van der Waals surface area contributed by atoms with Gasteiger partial charge >= 0.3 is 5.97 Å². The number of guanidine groups is 1. The lowest BCUT2D eigenvalue weighted by molar-refractivity contribution is -0.137. The number of anilines is 1. The highest BCUT2D eigenvalue weighted by Gasteiger charge is 2.17. The predicted octanol–water partition coefficient (Wildman–Crippen LogP) is 2.40. The predicted molar refractivity (Wildman–Crippen MR) is 97.7 cm³/mol. The van der Waals surface area contributed by atoms with E-state index in [1.807, 2.05) is 24.3 Å². The van der Waals surface area contributed by atoms with E-state index in [9.17, 15) is 9.59 Å². The molecule has 25 heavy (non-hydrogen) atoms. The lowest BCUT2D eigenvalue weighted by Crippen LogP contribution is -2.21. The summed E-state index contributed by atoms with van der Waals surface area (Å²) in [6.07, 6.45) is 0.542. The summed E-state index contributed by atoms with van der Waals surface area (Å²) in [7, 11) is 0. The van der Waals surface area contributed by atoms with Crippen LogP contribution in [0.1, 0.15) is 24.8 Å². The molecule has 0 spiro atoms. The molecule has 130 valence electrons. The van der Waals surface area contributed by atoms with Crippen molar-refractivity contribution in [1.82, 2.24) is 0 Å². The molecule has 0 saturated carbocycles. The lowest BCUT2D eigenvalue weighted by Gasteiger charge is -2.18. The first-order valence-electron chi connectivity index (χ1n) is 7.67. The number of carbonyl (C=O) groups is 2. The van der Waals surface area contributed by atoms with Crippen molar-refractivity contribution in [1.29, 1.82) is 0 Å². The fourth-order valence-electron chi connectivity index (χ4n) is 2.71. The summed E-state index contributed by atoms with van der Waals surface area (Å²) in [4.78, 5) is 26.1. The highest BCUT2D eigenvalue weighted by molar-refractivity contribution is 5.89. The van der Waals surface area contributed by atoms with Gasteiger partial charge in [0.2, 0.25) is 6.41 Å². The van der Waals surface area contributed by atoms with E-state index in [1.54, 1.807) is 25.1 Å². The number of carboxylic acid groups (broad SMARTS) is 1. The molecule has 7 heteroatoms. The molecule has 6 N–H and O–H groups in total. The van der Waals surface area contributed by atoms with Crippen LogP contribution >= 0.6 is 0 Å². The molecule has 1 unspecified atom stereocenters. The number of benzene rings is 2. The zero-order chi connectivity index (χ0) is 18.4. The third-order valence-corrected chi connectivity index (χ3v) is 3.73. The molecule has 0 aliphatic rings. The molecule has 0 aromatic heterocycles. The van der Waals surface area contributed by atoms with Gasteiger partial charge in [-0.1, -0.05) is 37.3 Å². The number of nitrogens with zero attached hydrogens (tertiary/aromatic N) is 1. The molecule has 0 aliphatic carbocycles. The Hall–Kier alpha value is -3.35. The highest BCUT2D eigenvalue weighted by Crippen LogP contribution is 2.36. The van der Waals surface area contributed by atoms with Crippen LogP contribution in [0, 0.1) is 0 Å². The molecule has 0 radical (unpaired) electrons. The molecule has 2 rings (SSSR count). The molecule has 2 aromatic carbocycles. The van der Waals surface area contributed by atoms with Gasteiger partial charge in [0.15, 0.2) is 5.96 Å². The van der Waals surface area contributed by atoms with Gasteiger partial charge in [-0.05, 0) is 29.2 Å². The van der Waals surface area contributed by atoms with Crippen LogP contribution in [0.15, 0.2) is 47.5 Å². The largest absolute Gasteiger partial charge is 0.481 e. The molecular formula is C18H20N4O3. The van der Waals surface area contributed by atoms with Crippen molar-refractivity contribution in [3.8, 4) is 11.1 Å². The smallest absolute Gasteiger partial charge is 0.303 e. The topological polar surface area (TPSA) is 131 Å². The molecule has 0 saturated heterocycles. The summed E-state index contributed by atoms with van der Waals surface area (Å²) in [5, 5.41) is 11.7. The van der Waals surface area contributed by atoms with E-state index < -0.39 is 5.97 Å². The van der Waals surface area contributed by atoms with Gasteiger partial charge in [-0.15, -0.1) is 0 Å². The summed E-state index contributed by atoms with van der Waals surface area (Å²) in [5.74, 6) is -1.21. The number of aliphatic carboxylic acids is 1. The molecule has 0 fully saturated rings. The number of hydrogen-bond acceptors (Lipinski definition) is 3. The Morgan fingerprint density at radius 1 is 1.28 bits per heavy atom. The Morgan fingerprint density at radius 3 is 2.64 bits per heavy atom. The average Bonchev–Trinajstić information content (AvgIpc) is 2.54. The van der Waals surface area contributed by atoms with Crippen molar-refractivity contribution in [2.45, 2.75) is 19.3 Å². The zero-order valence-electron chi connectivity index (χ0n) is 13.8. The van der Waals surface area contributed by atoms with Crippen molar-refractivity contribution in [2.24, 2.45) is 16.5 Å². The van der Waals surface area contributed by atoms with Gasteiger partial charge in [0, 0.05) is 5.56 Å². The van der Waals surface area contributed by atoms with Gasteiger partial charge in [-0.2, -0.15) is 0 Å². The highest BCUT2D eigenvalue weighted by atomic mass is 16.4. The minimum atomic E-state index is -0.898. The molecular weight excluding hydrogens is 320 g/mol. The normalized spacial score (nSPS) is 11.4. The monoisotopic (exact) mass is 340 g/mol. The summed E-state index contributed by atoms with van der Waals surface area (Å²) in [6.45, 7) is 1.80. The van der Waals surface area contributed by atoms with E-state index in [2.05, 4.69) is 10.3 Å². The van der Waals surface area contributed by atoms with Crippen molar-refractivity contribution in [3.05, 3.63) is 48.0 Å². The SMILES string of the molecule is CC(CC(=O)O)c1cccc(-c2cccc(N=C(N)N)c2)c1NC=O. The van der Waals surface area contributed by atoms with Crippen LogP contribution in [0.5, 0.6) is 0 Å². The zero-order valence-corrected chi connectivity index (χ0v) is 13.8. The van der Waals surface area contributed by atoms with Gasteiger partial charge in [-0.3, -0.25) is 9.59 Å². The fraction of sp³-hybridized carbons (Fsp3) is 0.167. The first-order chi connectivity index (χ1) is 11.9. The van der Waals surface area contributed by atoms with Gasteiger partial charge in [-0.25, -0.2) is 4.99 Å². The first kappa shape index (κ1) is 18.0. The summed E-state index contributed by atoms with van der Waals surface area (Å²) in [5.41, 5.74) is 14.3. The Kier molecular flexibility index (Phi) is 5.73. The molecule has 2 aromatic rings. The quantitative estimate of drug-likeness (QED) is 0.349. The van der Waals surface area contributed by atoms with Crippen LogP contribution in [0.2, 0.25) is 0 Å². The van der Waals surface area contributed by atoms with E-state index >= 15 is 0 Å². The first-order valence-corrected chi connectivity index (χ1v) is 7.67. The number of para-hydroxylation sites is 1. The van der Waals surface area contributed by atoms with Gasteiger partial charge < -0.3 is 21.9 Å². The number of nitrogens with one attached hydrogen (secondary N) is 1. The van der Waals surface area contributed by atoms with Crippen LogP contribution in [0.4, 0.5) is 11.4 Å². The number of nitrogens with two attached hydrogens (primary N) is 2. The van der Waals surface area contributed by atoms with E-state index in [1.165, 1.54) is 0 Å². The number of rotatable bonds is 7. The second kappa shape index (κ2) is 7.96. The minimum absolute atomic E-state index is 0.0367. The van der Waals surface area contributed by atoms with Crippen LogP contribution in [0.25, 0.3) is 11.1 Å². The van der Waals surface area contributed by atoms with E-state index in [0.29, 0.717) is 17.8 Å². The third kappa shape index (κ3) is 4.57. The van der Waals surface area contributed by atoms with Gasteiger partial charge in [0.1, 0.15) is 0 Å². The van der Waals surface area contributed by atoms with Crippen molar-refractivity contribution < 1.29 is 14.7 Å². The summed E-state index contributed by atoms with van der Waals surface area (Å²) in [6, 6.07) is 12.7. The molecule has 0 bridgehead atoms. The molecule has 0 heterocycles. The minimum Gasteiger partial charge on any atom is -0.481 e. The van der Waals surface area contributed by atoms with E-state index in [-0.39, 0.29) is 18.3 Å². The number of carboxylic acids is 1. The Bertz CT molecular complexity index is 814. The molecule has 1 amide bonds. The molecule has 1 atom stereocenters. The summed E-state index contributed by atoms with van der Waals surface area (Å²) < 4.78 is 0. The maximum Gasteiger partial charge on any atom is 0.303 e. The maximum atomic E-state index is 11.1. The number of carbonyl (C=O) groups excluding carboxylic acids is 1. The van der Waals surface area contributed by atoms with Crippen LogP contribution in [0.3, 0.4) is 0 Å². The number of hydrogen-bond donors (Lipinski definition) is 4.